The van der Waals surface area contributed by atoms with Crippen LogP contribution in [0.3, 0.4) is 0 Å². The number of aromatic nitrogens is 1. The fraction of sp³-hybridized carbons (Fsp3) is 0.273. The second-order valence-corrected chi connectivity index (χ2v) is 3.37. The van der Waals surface area contributed by atoms with Gasteiger partial charge in [-0.25, -0.2) is 4.98 Å². The standard InChI is InChI=1S/C11H13N3/c1-4-8-5-9(10(12)7(2)3)11(13)14-6-8/h1,5-7,12H,2-3H3,(H2,13,14). The number of rotatable bonds is 2. The lowest BCUT2D eigenvalue weighted by molar-refractivity contribution is 0.877. The molecule has 3 nitrogen and oxygen atoms in total. The zero-order valence-electron chi connectivity index (χ0n) is 8.33. The summed E-state index contributed by atoms with van der Waals surface area (Å²) < 4.78 is 0. The molecule has 0 unspecified atom stereocenters. The Balaban J connectivity index is 3.21. The first-order valence-corrected chi connectivity index (χ1v) is 4.37. The minimum Gasteiger partial charge on any atom is -0.383 e. The van der Waals surface area contributed by atoms with Crippen LogP contribution < -0.4 is 5.73 Å². The van der Waals surface area contributed by atoms with Crippen LogP contribution in [0.2, 0.25) is 0 Å². The Morgan fingerprint density at radius 1 is 1.64 bits per heavy atom. The highest BCUT2D eigenvalue weighted by atomic mass is 14.8. The van der Waals surface area contributed by atoms with Crippen LogP contribution in [0.5, 0.6) is 0 Å². The molecule has 0 atom stereocenters. The fourth-order valence-corrected chi connectivity index (χ4v) is 1.08. The van der Waals surface area contributed by atoms with E-state index in [2.05, 4.69) is 10.9 Å². The second kappa shape index (κ2) is 3.93. The molecule has 1 aromatic rings. The highest BCUT2D eigenvalue weighted by Crippen LogP contribution is 2.15. The molecule has 3 N–H and O–H groups in total. The summed E-state index contributed by atoms with van der Waals surface area (Å²) in [4.78, 5) is 3.95. The summed E-state index contributed by atoms with van der Waals surface area (Å²) in [5.41, 5.74) is 7.41. The summed E-state index contributed by atoms with van der Waals surface area (Å²) in [5.74, 6) is 2.95. The lowest BCUT2D eigenvalue weighted by Crippen LogP contribution is -2.11. The SMILES string of the molecule is C#Cc1cnc(N)c(C(=N)C(C)C)c1. The van der Waals surface area contributed by atoms with Crippen LogP contribution in [0.25, 0.3) is 0 Å². The number of nitrogens with two attached hydrogens (primary N) is 1. The van der Waals surface area contributed by atoms with Gasteiger partial charge in [0.15, 0.2) is 0 Å². The molecule has 0 fully saturated rings. The van der Waals surface area contributed by atoms with Crippen molar-refractivity contribution >= 4 is 11.5 Å². The Morgan fingerprint density at radius 3 is 2.79 bits per heavy atom. The van der Waals surface area contributed by atoms with Gasteiger partial charge in [0, 0.05) is 23.0 Å². The van der Waals surface area contributed by atoms with Gasteiger partial charge in [-0.1, -0.05) is 19.8 Å². The number of nitrogen functional groups attached to an aromatic ring is 1. The largest absolute Gasteiger partial charge is 0.383 e. The topological polar surface area (TPSA) is 62.8 Å². The molecule has 14 heavy (non-hydrogen) atoms. The number of pyridine rings is 1. The highest BCUT2D eigenvalue weighted by Gasteiger charge is 2.10. The molecule has 0 aliphatic carbocycles. The lowest BCUT2D eigenvalue weighted by Gasteiger charge is -2.09. The third-order valence-electron chi connectivity index (χ3n) is 1.95. The van der Waals surface area contributed by atoms with E-state index in [9.17, 15) is 0 Å². The summed E-state index contributed by atoms with van der Waals surface area (Å²) in [6.07, 6.45) is 6.78. The van der Waals surface area contributed by atoms with E-state index in [1.807, 2.05) is 13.8 Å². The van der Waals surface area contributed by atoms with E-state index >= 15 is 0 Å². The maximum atomic E-state index is 7.81. The van der Waals surface area contributed by atoms with Crippen LogP contribution in [-0.2, 0) is 0 Å². The Labute approximate surface area is 83.9 Å². The van der Waals surface area contributed by atoms with Crippen molar-refractivity contribution in [3.05, 3.63) is 23.4 Å². The van der Waals surface area contributed by atoms with Gasteiger partial charge < -0.3 is 11.1 Å². The van der Waals surface area contributed by atoms with Crippen LogP contribution >= 0.6 is 0 Å². The van der Waals surface area contributed by atoms with Gasteiger partial charge in [0.25, 0.3) is 0 Å². The maximum absolute atomic E-state index is 7.81. The van der Waals surface area contributed by atoms with Crippen LogP contribution in [-0.4, -0.2) is 10.7 Å². The second-order valence-electron chi connectivity index (χ2n) is 3.37. The normalized spacial score (nSPS) is 9.86. The van der Waals surface area contributed by atoms with Crippen LogP contribution in [0.1, 0.15) is 25.0 Å². The molecular formula is C11H13N3. The molecule has 1 heterocycles. The first-order valence-electron chi connectivity index (χ1n) is 4.37. The third kappa shape index (κ3) is 1.91. The molecule has 0 amide bonds. The van der Waals surface area contributed by atoms with Crippen molar-refractivity contribution in [2.24, 2.45) is 5.92 Å². The van der Waals surface area contributed by atoms with Crippen molar-refractivity contribution in [2.45, 2.75) is 13.8 Å². The van der Waals surface area contributed by atoms with Crippen LogP contribution in [0.4, 0.5) is 5.82 Å². The maximum Gasteiger partial charge on any atom is 0.132 e. The number of nitrogens with one attached hydrogen (secondary N) is 1. The monoisotopic (exact) mass is 187 g/mol. The van der Waals surface area contributed by atoms with Gasteiger partial charge in [-0.05, 0) is 12.0 Å². The molecule has 0 saturated carbocycles. The molecular weight excluding hydrogens is 174 g/mol. The first-order chi connectivity index (χ1) is 6.56. The summed E-state index contributed by atoms with van der Waals surface area (Å²) in [6, 6.07) is 1.73. The van der Waals surface area contributed by atoms with Crippen LogP contribution in [0, 0.1) is 23.7 Å². The molecule has 1 rings (SSSR count). The van der Waals surface area contributed by atoms with Crippen molar-refractivity contribution in [1.29, 1.82) is 5.41 Å². The smallest absolute Gasteiger partial charge is 0.132 e. The van der Waals surface area contributed by atoms with Gasteiger partial charge in [0.2, 0.25) is 0 Å². The molecule has 72 valence electrons. The van der Waals surface area contributed by atoms with Crippen molar-refractivity contribution in [2.75, 3.05) is 5.73 Å². The zero-order valence-corrected chi connectivity index (χ0v) is 8.33. The molecule has 3 heteroatoms. The number of anilines is 1. The van der Waals surface area contributed by atoms with Gasteiger partial charge in [-0.3, -0.25) is 0 Å². The van der Waals surface area contributed by atoms with Crippen molar-refractivity contribution in [3.63, 3.8) is 0 Å². The summed E-state index contributed by atoms with van der Waals surface area (Å²) in [7, 11) is 0. The average Bonchev–Trinajstić information content (AvgIpc) is 2.17. The Hall–Kier alpha value is -1.82. The van der Waals surface area contributed by atoms with E-state index in [1.165, 1.54) is 6.20 Å². The fourth-order valence-electron chi connectivity index (χ4n) is 1.08. The number of terminal acetylenes is 1. The number of nitrogens with zero attached hydrogens (tertiary/aromatic N) is 1. The molecule has 0 aliphatic heterocycles. The minimum absolute atomic E-state index is 0.118. The van der Waals surface area contributed by atoms with Gasteiger partial charge in [-0.2, -0.15) is 0 Å². The Morgan fingerprint density at radius 2 is 2.29 bits per heavy atom. The summed E-state index contributed by atoms with van der Waals surface area (Å²) in [6.45, 7) is 3.87. The van der Waals surface area contributed by atoms with Gasteiger partial charge >= 0.3 is 0 Å². The van der Waals surface area contributed by atoms with E-state index in [0.29, 0.717) is 22.7 Å². The lowest BCUT2D eigenvalue weighted by atomic mass is 10.00. The molecule has 0 aromatic carbocycles. The van der Waals surface area contributed by atoms with Crippen molar-refractivity contribution in [1.82, 2.24) is 4.98 Å². The number of hydrogen-bond acceptors (Lipinski definition) is 3. The first kappa shape index (κ1) is 10.3. The van der Waals surface area contributed by atoms with Crippen molar-refractivity contribution in [3.8, 4) is 12.3 Å². The highest BCUT2D eigenvalue weighted by molar-refractivity contribution is 6.03. The van der Waals surface area contributed by atoms with Gasteiger partial charge in [-0.15, -0.1) is 6.42 Å². The quantitative estimate of drug-likeness (QED) is 0.546. The summed E-state index contributed by atoms with van der Waals surface area (Å²) >= 11 is 0. The number of hydrogen-bond donors (Lipinski definition) is 2. The molecule has 0 bridgehead atoms. The average molecular weight is 187 g/mol. The third-order valence-corrected chi connectivity index (χ3v) is 1.95. The van der Waals surface area contributed by atoms with Gasteiger partial charge in [0.05, 0.1) is 0 Å². The Kier molecular flexibility index (Phi) is 2.88. The molecule has 0 aliphatic rings. The Bertz CT molecular complexity index is 399. The van der Waals surface area contributed by atoms with E-state index in [0.717, 1.165) is 0 Å². The van der Waals surface area contributed by atoms with E-state index in [4.69, 9.17) is 17.6 Å². The van der Waals surface area contributed by atoms with Crippen molar-refractivity contribution < 1.29 is 0 Å². The minimum atomic E-state index is 0.118. The zero-order chi connectivity index (χ0) is 10.7. The molecule has 0 saturated heterocycles. The molecule has 0 radical (unpaired) electrons. The van der Waals surface area contributed by atoms with E-state index < -0.39 is 0 Å². The van der Waals surface area contributed by atoms with E-state index in [-0.39, 0.29) is 5.92 Å². The van der Waals surface area contributed by atoms with E-state index in [1.54, 1.807) is 6.07 Å². The molecule has 1 aromatic heterocycles. The molecule has 0 spiro atoms. The predicted molar refractivity (Wildman–Crippen MR) is 58.3 cm³/mol. The summed E-state index contributed by atoms with van der Waals surface area (Å²) in [5, 5.41) is 7.81. The van der Waals surface area contributed by atoms with Gasteiger partial charge in [0.1, 0.15) is 5.82 Å². The predicted octanol–water partition coefficient (Wildman–Crippen LogP) is 1.67. The van der Waals surface area contributed by atoms with Crippen LogP contribution in [0.15, 0.2) is 12.3 Å².